The zero-order chi connectivity index (χ0) is 12.3. The molecular weight excluding hydrogens is 236 g/mol. The topological polar surface area (TPSA) is 56.0 Å². The molecule has 1 aromatic heterocycles. The average molecular weight is 245 g/mol. The van der Waals surface area contributed by atoms with Gasteiger partial charge in [0.25, 0.3) is 0 Å². The summed E-state index contributed by atoms with van der Waals surface area (Å²) in [5.41, 5.74) is 6.56. The van der Waals surface area contributed by atoms with Crippen molar-refractivity contribution in [3.8, 4) is 11.8 Å². The second-order valence-corrected chi connectivity index (χ2v) is 3.88. The van der Waals surface area contributed by atoms with Crippen LogP contribution >= 0.6 is 11.6 Å². The Morgan fingerprint density at radius 2 is 2.24 bits per heavy atom. The second kappa shape index (κ2) is 4.86. The van der Waals surface area contributed by atoms with Gasteiger partial charge in [-0.25, -0.2) is 0 Å². The van der Waals surface area contributed by atoms with E-state index in [-0.39, 0.29) is 6.42 Å². The van der Waals surface area contributed by atoms with Crippen LogP contribution in [0.1, 0.15) is 12.0 Å². The van der Waals surface area contributed by atoms with Crippen LogP contribution in [0.15, 0.2) is 30.5 Å². The number of primary amides is 1. The fourth-order valence-electron chi connectivity index (χ4n) is 1.42. The lowest BCUT2D eigenvalue weighted by Crippen LogP contribution is -2.08. The van der Waals surface area contributed by atoms with Crippen LogP contribution in [0.4, 0.5) is 0 Å². The van der Waals surface area contributed by atoms with Crippen LogP contribution in [0.2, 0.25) is 5.02 Å². The lowest BCUT2D eigenvalue weighted by molar-refractivity contribution is -0.117. The number of aromatic nitrogens is 1. The molecule has 1 aromatic carbocycles. The molecule has 17 heavy (non-hydrogen) atoms. The maximum absolute atomic E-state index is 10.5. The van der Waals surface area contributed by atoms with Crippen molar-refractivity contribution in [1.29, 1.82) is 0 Å². The van der Waals surface area contributed by atoms with E-state index in [4.69, 9.17) is 17.3 Å². The minimum Gasteiger partial charge on any atom is -0.369 e. The van der Waals surface area contributed by atoms with Crippen molar-refractivity contribution in [2.24, 2.45) is 5.73 Å². The third-order valence-electron chi connectivity index (χ3n) is 2.18. The third kappa shape index (κ3) is 2.74. The van der Waals surface area contributed by atoms with Crippen molar-refractivity contribution in [1.82, 2.24) is 4.98 Å². The molecule has 0 spiro atoms. The fraction of sp³-hybridized carbons (Fsp3) is 0.0769. The molecule has 0 bridgehead atoms. The van der Waals surface area contributed by atoms with Gasteiger partial charge in [0.05, 0.1) is 17.0 Å². The summed E-state index contributed by atoms with van der Waals surface area (Å²) in [6.45, 7) is 0. The molecule has 0 unspecified atom stereocenters. The van der Waals surface area contributed by atoms with Crippen molar-refractivity contribution in [2.45, 2.75) is 6.42 Å². The van der Waals surface area contributed by atoms with Crippen LogP contribution in [0.3, 0.4) is 0 Å². The number of halogens is 1. The Kier molecular flexibility index (Phi) is 3.27. The van der Waals surface area contributed by atoms with Crippen LogP contribution in [-0.2, 0) is 4.79 Å². The molecule has 84 valence electrons. The molecule has 0 aliphatic rings. The number of fused-ring (bicyclic) bond motifs is 1. The van der Waals surface area contributed by atoms with Gasteiger partial charge in [-0.15, -0.1) is 0 Å². The van der Waals surface area contributed by atoms with Crippen molar-refractivity contribution in [2.75, 3.05) is 0 Å². The van der Waals surface area contributed by atoms with Crippen LogP contribution in [0, 0.1) is 11.8 Å². The summed E-state index contributed by atoms with van der Waals surface area (Å²) < 4.78 is 0. The number of carbonyl (C=O) groups excluding carboxylic acids is 1. The van der Waals surface area contributed by atoms with Crippen LogP contribution in [0.25, 0.3) is 10.9 Å². The number of nitrogens with two attached hydrogens (primary N) is 1. The third-order valence-corrected chi connectivity index (χ3v) is 2.51. The van der Waals surface area contributed by atoms with Gasteiger partial charge >= 0.3 is 0 Å². The Balaban J connectivity index is 2.37. The summed E-state index contributed by atoms with van der Waals surface area (Å²) in [6.07, 6.45) is 1.70. The predicted molar refractivity (Wildman–Crippen MR) is 67.4 cm³/mol. The summed E-state index contributed by atoms with van der Waals surface area (Å²) in [4.78, 5) is 14.7. The van der Waals surface area contributed by atoms with E-state index in [1.165, 1.54) is 0 Å². The average Bonchev–Trinajstić information content (AvgIpc) is 2.29. The van der Waals surface area contributed by atoms with Crippen molar-refractivity contribution in [3.63, 3.8) is 0 Å². The van der Waals surface area contributed by atoms with Crippen molar-refractivity contribution < 1.29 is 4.79 Å². The Hall–Kier alpha value is -2.05. The van der Waals surface area contributed by atoms with E-state index in [0.29, 0.717) is 5.02 Å². The maximum Gasteiger partial charge on any atom is 0.229 e. The van der Waals surface area contributed by atoms with E-state index in [2.05, 4.69) is 16.8 Å². The van der Waals surface area contributed by atoms with Gasteiger partial charge in [-0.2, -0.15) is 0 Å². The van der Waals surface area contributed by atoms with E-state index in [0.717, 1.165) is 16.5 Å². The van der Waals surface area contributed by atoms with E-state index in [1.807, 2.05) is 18.2 Å². The van der Waals surface area contributed by atoms with Gasteiger partial charge in [0.2, 0.25) is 5.91 Å². The molecular formula is C13H9ClN2O. The molecule has 0 aliphatic carbocycles. The second-order valence-electron chi connectivity index (χ2n) is 3.47. The Bertz CT molecular complexity index is 641. The molecule has 0 aliphatic heterocycles. The molecule has 0 fully saturated rings. The Morgan fingerprint density at radius 1 is 1.41 bits per heavy atom. The largest absolute Gasteiger partial charge is 0.369 e. The van der Waals surface area contributed by atoms with Gasteiger partial charge < -0.3 is 5.73 Å². The van der Waals surface area contributed by atoms with E-state index >= 15 is 0 Å². The highest BCUT2D eigenvalue weighted by molar-refractivity contribution is 6.35. The molecule has 2 rings (SSSR count). The molecule has 0 radical (unpaired) electrons. The fourth-order valence-corrected chi connectivity index (χ4v) is 1.64. The van der Waals surface area contributed by atoms with Crippen LogP contribution in [-0.4, -0.2) is 10.9 Å². The first-order valence-corrected chi connectivity index (χ1v) is 5.36. The number of pyridine rings is 1. The van der Waals surface area contributed by atoms with E-state index in [9.17, 15) is 4.79 Å². The van der Waals surface area contributed by atoms with Crippen LogP contribution < -0.4 is 5.73 Å². The number of hydrogen-bond acceptors (Lipinski definition) is 2. The van der Waals surface area contributed by atoms with Gasteiger partial charge in [0.1, 0.15) is 0 Å². The number of carbonyl (C=O) groups is 1. The molecule has 1 amide bonds. The number of nitrogens with zero attached hydrogens (tertiary/aromatic N) is 1. The van der Waals surface area contributed by atoms with Crippen LogP contribution in [0.5, 0.6) is 0 Å². The number of benzene rings is 1. The summed E-state index contributed by atoms with van der Waals surface area (Å²) in [5, 5.41) is 1.54. The number of rotatable bonds is 1. The van der Waals surface area contributed by atoms with Gasteiger partial charge in [-0.3, -0.25) is 9.78 Å². The Labute approximate surface area is 104 Å². The minimum atomic E-state index is -0.431. The normalized spacial score (nSPS) is 9.71. The lowest BCUT2D eigenvalue weighted by atomic mass is 10.1. The monoisotopic (exact) mass is 244 g/mol. The molecule has 1 heterocycles. The quantitative estimate of drug-likeness (QED) is 0.782. The zero-order valence-corrected chi connectivity index (χ0v) is 9.66. The molecule has 2 N–H and O–H groups in total. The van der Waals surface area contributed by atoms with E-state index in [1.54, 1.807) is 12.3 Å². The molecule has 4 heteroatoms. The SMILES string of the molecule is NC(=O)CC#Cc1ccc2c(Cl)ccnc2c1. The smallest absolute Gasteiger partial charge is 0.229 e. The van der Waals surface area contributed by atoms with Crippen molar-refractivity contribution >= 4 is 28.4 Å². The first-order chi connectivity index (χ1) is 8.16. The first kappa shape index (κ1) is 11.4. The van der Waals surface area contributed by atoms with Gasteiger partial charge in [-0.05, 0) is 18.2 Å². The zero-order valence-electron chi connectivity index (χ0n) is 8.90. The van der Waals surface area contributed by atoms with E-state index < -0.39 is 5.91 Å². The number of amides is 1. The Morgan fingerprint density at radius 3 is 3.00 bits per heavy atom. The van der Waals surface area contributed by atoms with Gasteiger partial charge in [0.15, 0.2) is 0 Å². The van der Waals surface area contributed by atoms with Gasteiger partial charge in [-0.1, -0.05) is 29.5 Å². The molecule has 0 saturated carbocycles. The molecule has 2 aromatic rings. The summed E-state index contributed by atoms with van der Waals surface area (Å²) in [5.74, 6) is 5.12. The minimum absolute atomic E-state index is 0.0566. The lowest BCUT2D eigenvalue weighted by Gasteiger charge is -1.99. The maximum atomic E-state index is 10.5. The molecule has 0 saturated heterocycles. The number of hydrogen-bond donors (Lipinski definition) is 1. The highest BCUT2D eigenvalue weighted by Crippen LogP contribution is 2.21. The van der Waals surface area contributed by atoms with Gasteiger partial charge in [0, 0.05) is 17.1 Å². The summed E-state index contributed by atoms with van der Waals surface area (Å²) >= 11 is 6.02. The summed E-state index contributed by atoms with van der Waals surface area (Å²) in [7, 11) is 0. The standard InChI is InChI=1S/C13H9ClN2O/c14-11-6-7-16-12-8-9(4-5-10(11)12)2-1-3-13(15)17/h4-8H,3H2,(H2,15,17). The summed E-state index contributed by atoms with van der Waals surface area (Å²) in [6, 6.07) is 7.26. The molecule has 0 atom stereocenters. The highest BCUT2D eigenvalue weighted by atomic mass is 35.5. The first-order valence-electron chi connectivity index (χ1n) is 4.98. The molecule has 3 nitrogen and oxygen atoms in total. The van der Waals surface area contributed by atoms with Crippen molar-refractivity contribution in [3.05, 3.63) is 41.0 Å². The predicted octanol–water partition coefficient (Wildman–Crippen LogP) is 2.12. The highest BCUT2D eigenvalue weighted by Gasteiger charge is 1.99.